The molecule has 0 aliphatic rings. The Kier molecular flexibility index (Phi) is 4.22. The molecule has 2 aromatic heterocycles. The number of aromatic nitrogens is 4. The van der Waals surface area contributed by atoms with Gasteiger partial charge in [0.25, 0.3) is 0 Å². The van der Waals surface area contributed by atoms with Crippen LogP contribution < -0.4 is 10.6 Å². The quantitative estimate of drug-likeness (QED) is 0.854. The predicted octanol–water partition coefficient (Wildman–Crippen LogP) is 2.04. The van der Waals surface area contributed by atoms with Crippen molar-refractivity contribution in [1.29, 1.82) is 0 Å². The summed E-state index contributed by atoms with van der Waals surface area (Å²) in [6, 6.07) is 3.79. The number of nitrogens with one attached hydrogen (secondary N) is 2. The lowest BCUT2D eigenvalue weighted by Gasteiger charge is -2.16. The van der Waals surface area contributed by atoms with Gasteiger partial charge in [-0.2, -0.15) is 10.2 Å². The maximum Gasteiger partial charge on any atom is 0.135 e. The van der Waals surface area contributed by atoms with Gasteiger partial charge in [0.05, 0.1) is 12.2 Å². The minimum Gasteiger partial charge on any atom is -0.373 e. The van der Waals surface area contributed by atoms with E-state index in [-0.39, 0.29) is 0 Å². The van der Waals surface area contributed by atoms with Crippen LogP contribution in [0.4, 0.5) is 11.6 Å². The zero-order valence-corrected chi connectivity index (χ0v) is 11.4. The zero-order chi connectivity index (χ0) is 13.7. The van der Waals surface area contributed by atoms with Gasteiger partial charge in [0.1, 0.15) is 18.0 Å². The van der Waals surface area contributed by atoms with Crippen molar-refractivity contribution in [2.75, 3.05) is 17.7 Å². The van der Waals surface area contributed by atoms with E-state index >= 15 is 0 Å². The smallest absolute Gasteiger partial charge is 0.135 e. The minimum atomic E-state index is 0.327. The molecule has 0 radical (unpaired) electrons. The van der Waals surface area contributed by atoms with Crippen LogP contribution >= 0.6 is 0 Å². The molecule has 0 amide bonds. The maximum atomic E-state index is 4.31. The van der Waals surface area contributed by atoms with Crippen molar-refractivity contribution in [3.05, 3.63) is 35.9 Å². The molecule has 19 heavy (non-hydrogen) atoms. The van der Waals surface area contributed by atoms with E-state index in [4.69, 9.17) is 0 Å². The van der Waals surface area contributed by atoms with Gasteiger partial charge in [-0.15, -0.1) is 0 Å². The third-order valence-corrected chi connectivity index (χ3v) is 2.76. The average Bonchev–Trinajstić information content (AvgIpc) is 2.45. The van der Waals surface area contributed by atoms with Crippen LogP contribution in [0.1, 0.15) is 31.0 Å². The number of nitrogens with zero attached hydrogens (tertiary/aromatic N) is 4. The number of anilines is 2. The van der Waals surface area contributed by atoms with E-state index in [1.807, 2.05) is 19.2 Å². The van der Waals surface area contributed by atoms with Crippen LogP contribution in [0.25, 0.3) is 0 Å². The first-order valence-corrected chi connectivity index (χ1v) is 6.25. The molecule has 0 aromatic carbocycles. The highest BCUT2D eigenvalue weighted by molar-refractivity contribution is 5.58. The Balaban J connectivity index is 2.20. The average molecular weight is 258 g/mol. The lowest BCUT2D eigenvalue weighted by atomic mass is 10.0. The summed E-state index contributed by atoms with van der Waals surface area (Å²) in [5.74, 6) is 2.01. The molecule has 0 aliphatic heterocycles. The largest absolute Gasteiger partial charge is 0.373 e. The van der Waals surface area contributed by atoms with E-state index in [1.165, 1.54) is 0 Å². The molecule has 0 saturated carbocycles. The lowest BCUT2D eigenvalue weighted by Crippen LogP contribution is -2.10. The van der Waals surface area contributed by atoms with Crippen LogP contribution in [0.3, 0.4) is 0 Å². The topological polar surface area (TPSA) is 75.6 Å². The molecule has 6 nitrogen and oxygen atoms in total. The van der Waals surface area contributed by atoms with Gasteiger partial charge in [0.2, 0.25) is 0 Å². The predicted molar refractivity (Wildman–Crippen MR) is 75.0 cm³/mol. The Morgan fingerprint density at radius 3 is 2.63 bits per heavy atom. The van der Waals surface area contributed by atoms with Gasteiger partial charge in [-0.25, -0.2) is 9.97 Å². The molecule has 2 rings (SSSR count). The van der Waals surface area contributed by atoms with Crippen molar-refractivity contribution in [2.24, 2.45) is 0 Å². The van der Waals surface area contributed by atoms with Crippen molar-refractivity contribution < 1.29 is 0 Å². The van der Waals surface area contributed by atoms with Gasteiger partial charge in [-0.05, 0) is 18.1 Å². The van der Waals surface area contributed by atoms with E-state index in [2.05, 4.69) is 44.6 Å². The van der Waals surface area contributed by atoms with Gasteiger partial charge in [-0.1, -0.05) is 13.8 Å². The lowest BCUT2D eigenvalue weighted by molar-refractivity contribution is 0.842. The van der Waals surface area contributed by atoms with E-state index in [1.54, 1.807) is 12.5 Å². The molecular weight excluding hydrogens is 240 g/mol. The molecule has 0 aliphatic carbocycles. The summed E-state index contributed by atoms with van der Waals surface area (Å²) >= 11 is 0. The highest BCUT2D eigenvalue weighted by atomic mass is 15.1. The van der Waals surface area contributed by atoms with Gasteiger partial charge in [0.15, 0.2) is 0 Å². The van der Waals surface area contributed by atoms with Gasteiger partial charge in [0, 0.05) is 18.8 Å². The second-order valence-electron chi connectivity index (χ2n) is 4.46. The van der Waals surface area contributed by atoms with Crippen LogP contribution in [0, 0.1) is 0 Å². The molecule has 2 heterocycles. The van der Waals surface area contributed by atoms with E-state index < -0.39 is 0 Å². The first-order chi connectivity index (χ1) is 9.22. The summed E-state index contributed by atoms with van der Waals surface area (Å²) in [5.41, 5.74) is 1.95. The Hall–Kier alpha value is -2.24. The Morgan fingerprint density at radius 1 is 1.21 bits per heavy atom. The molecule has 0 atom stereocenters. The Labute approximate surface area is 112 Å². The summed E-state index contributed by atoms with van der Waals surface area (Å²) in [4.78, 5) is 8.56. The summed E-state index contributed by atoms with van der Waals surface area (Å²) in [6.07, 6.45) is 3.21. The minimum absolute atomic E-state index is 0.327. The molecule has 0 bridgehead atoms. The Morgan fingerprint density at radius 2 is 2.00 bits per heavy atom. The number of hydrogen-bond donors (Lipinski definition) is 2. The van der Waals surface area contributed by atoms with Crippen molar-refractivity contribution in [3.63, 3.8) is 0 Å². The normalized spacial score (nSPS) is 10.5. The third-order valence-electron chi connectivity index (χ3n) is 2.76. The number of rotatable bonds is 5. The van der Waals surface area contributed by atoms with Gasteiger partial charge in [-0.3, -0.25) is 0 Å². The SMILES string of the molecule is CNc1ncnc(NCc2cccnn2)c1C(C)C. The molecule has 0 spiro atoms. The highest BCUT2D eigenvalue weighted by Crippen LogP contribution is 2.28. The fourth-order valence-corrected chi connectivity index (χ4v) is 1.88. The first kappa shape index (κ1) is 13.2. The fraction of sp³-hybridized carbons (Fsp3) is 0.385. The van der Waals surface area contributed by atoms with Crippen molar-refractivity contribution in [1.82, 2.24) is 20.2 Å². The molecular formula is C13H18N6. The van der Waals surface area contributed by atoms with Crippen LogP contribution in [0.15, 0.2) is 24.7 Å². The molecule has 0 unspecified atom stereocenters. The van der Waals surface area contributed by atoms with Gasteiger partial charge >= 0.3 is 0 Å². The highest BCUT2D eigenvalue weighted by Gasteiger charge is 2.13. The number of hydrogen-bond acceptors (Lipinski definition) is 6. The molecule has 100 valence electrons. The third kappa shape index (κ3) is 3.15. The van der Waals surface area contributed by atoms with Crippen LogP contribution in [-0.2, 0) is 6.54 Å². The summed E-state index contributed by atoms with van der Waals surface area (Å²) < 4.78 is 0. The van der Waals surface area contributed by atoms with E-state index in [0.29, 0.717) is 12.5 Å². The summed E-state index contributed by atoms with van der Waals surface area (Å²) in [7, 11) is 1.86. The van der Waals surface area contributed by atoms with E-state index in [0.717, 1.165) is 22.9 Å². The van der Waals surface area contributed by atoms with Crippen LogP contribution in [0.5, 0.6) is 0 Å². The Bertz CT molecular complexity index is 526. The molecule has 0 saturated heterocycles. The molecule has 2 N–H and O–H groups in total. The molecule has 6 heteroatoms. The summed E-state index contributed by atoms with van der Waals surface area (Å²) in [5, 5.41) is 14.3. The maximum absolute atomic E-state index is 4.31. The van der Waals surface area contributed by atoms with Crippen molar-refractivity contribution in [3.8, 4) is 0 Å². The monoisotopic (exact) mass is 258 g/mol. The molecule has 0 fully saturated rings. The zero-order valence-electron chi connectivity index (χ0n) is 11.4. The van der Waals surface area contributed by atoms with Crippen molar-refractivity contribution in [2.45, 2.75) is 26.3 Å². The second kappa shape index (κ2) is 6.08. The second-order valence-corrected chi connectivity index (χ2v) is 4.46. The first-order valence-electron chi connectivity index (χ1n) is 6.25. The molecule has 2 aromatic rings. The van der Waals surface area contributed by atoms with Gasteiger partial charge < -0.3 is 10.6 Å². The standard InChI is InChI=1S/C13H18N6/c1-9(2)11-12(14-3)16-8-17-13(11)15-7-10-5-4-6-18-19-10/h4-6,8-9H,7H2,1-3H3,(H2,14,15,16,17). The van der Waals surface area contributed by atoms with Crippen molar-refractivity contribution >= 4 is 11.6 Å². The van der Waals surface area contributed by atoms with Crippen LogP contribution in [0.2, 0.25) is 0 Å². The fourth-order valence-electron chi connectivity index (χ4n) is 1.88. The van der Waals surface area contributed by atoms with Crippen LogP contribution in [-0.4, -0.2) is 27.2 Å². The van der Waals surface area contributed by atoms with E-state index in [9.17, 15) is 0 Å². The summed E-state index contributed by atoms with van der Waals surface area (Å²) in [6.45, 7) is 4.83.